The van der Waals surface area contributed by atoms with Gasteiger partial charge in [0, 0.05) is 26.4 Å². The molecule has 0 bridgehead atoms. The van der Waals surface area contributed by atoms with E-state index < -0.39 is 17.1 Å². The zero-order chi connectivity index (χ0) is 17.6. The SMILES string of the molecule is CCO[Si](CC)(CCCCC[Si](CC)(OCC)OCC)OCC. The van der Waals surface area contributed by atoms with Gasteiger partial charge in [0.2, 0.25) is 0 Å². The van der Waals surface area contributed by atoms with Crippen LogP contribution in [0.3, 0.4) is 0 Å². The van der Waals surface area contributed by atoms with Crippen molar-refractivity contribution in [3.63, 3.8) is 0 Å². The molecule has 4 nitrogen and oxygen atoms in total. The summed E-state index contributed by atoms with van der Waals surface area (Å²) in [6.45, 7) is 15.8. The van der Waals surface area contributed by atoms with E-state index in [0.717, 1.165) is 50.6 Å². The Morgan fingerprint density at radius 3 is 1.00 bits per heavy atom. The molecule has 140 valence electrons. The second-order valence-electron chi connectivity index (χ2n) is 5.82. The first-order valence-electron chi connectivity index (χ1n) is 9.63. The average Bonchev–Trinajstić information content (AvgIpc) is 2.55. The van der Waals surface area contributed by atoms with E-state index in [1.807, 2.05) is 0 Å². The van der Waals surface area contributed by atoms with Crippen molar-refractivity contribution in [2.45, 2.75) is 85.0 Å². The number of hydrogen-bond donors (Lipinski definition) is 0. The quantitative estimate of drug-likeness (QED) is 0.278. The summed E-state index contributed by atoms with van der Waals surface area (Å²) < 4.78 is 24.2. The molecule has 0 radical (unpaired) electrons. The molecule has 0 N–H and O–H groups in total. The van der Waals surface area contributed by atoms with Crippen molar-refractivity contribution >= 4 is 17.1 Å². The summed E-state index contributed by atoms with van der Waals surface area (Å²) in [4.78, 5) is 0. The second kappa shape index (κ2) is 13.6. The molecular formula is C17H40O4Si2. The molecule has 0 amide bonds. The van der Waals surface area contributed by atoms with E-state index in [0.29, 0.717) is 0 Å². The van der Waals surface area contributed by atoms with Gasteiger partial charge in [-0.3, -0.25) is 0 Å². The molecule has 0 rings (SSSR count). The number of hydrogen-bond acceptors (Lipinski definition) is 4. The summed E-state index contributed by atoms with van der Waals surface area (Å²) in [6.07, 6.45) is 3.59. The van der Waals surface area contributed by atoms with Crippen molar-refractivity contribution in [3.05, 3.63) is 0 Å². The van der Waals surface area contributed by atoms with Crippen molar-refractivity contribution in [3.8, 4) is 0 Å². The summed E-state index contributed by atoms with van der Waals surface area (Å²) in [5.41, 5.74) is 0. The lowest BCUT2D eigenvalue weighted by Crippen LogP contribution is -2.42. The van der Waals surface area contributed by atoms with E-state index in [2.05, 4.69) is 41.5 Å². The summed E-state index contributed by atoms with van der Waals surface area (Å²) in [5, 5.41) is 0. The minimum absolute atomic E-state index is 0.764. The van der Waals surface area contributed by atoms with Gasteiger partial charge in [-0.05, 0) is 51.9 Å². The molecule has 0 saturated heterocycles. The van der Waals surface area contributed by atoms with E-state index in [-0.39, 0.29) is 0 Å². The van der Waals surface area contributed by atoms with Crippen LogP contribution in [0.25, 0.3) is 0 Å². The zero-order valence-electron chi connectivity index (χ0n) is 16.4. The second-order valence-corrected chi connectivity index (χ2v) is 13.0. The van der Waals surface area contributed by atoms with Crippen molar-refractivity contribution in [1.29, 1.82) is 0 Å². The van der Waals surface area contributed by atoms with Gasteiger partial charge in [-0.25, -0.2) is 0 Å². The first-order valence-corrected chi connectivity index (χ1v) is 14.1. The summed E-state index contributed by atoms with van der Waals surface area (Å²) >= 11 is 0. The van der Waals surface area contributed by atoms with Gasteiger partial charge in [-0.15, -0.1) is 0 Å². The molecule has 0 aliphatic carbocycles. The molecule has 0 fully saturated rings. The molecule has 0 heterocycles. The molecule has 6 heteroatoms. The van der Waals surface area contributed by atoms with E-state index >= 15 is 0 Å². The smallest absolute Gasteiger partial charge is 0.337 e. The largest absolute Gasteiger partial charge is 0.394 e. The third-order valence-electron chi connectivity index (χ3n) is 4.32. The van der Waals surface area contributed by atoms with Crippen LogP contribution in [-0.4, -0.2) is 43.5 Å². The monoisotopic (exact) mass is 364 g/mol. The number of unbranched alkanes of at least 4 members (excludes halogenated alkanes) is 2. The molecule has 0 aliphatic rings. The molecule has 0 spiro atoms. The van der Waals surface area contributed by atoms with Gasteiger partial charge in [0.05, 0.1) is 0 Å². The fraction of sp³-hybridized carbons (Fsp3) is 1.00. The molecule has 0 atom stereocenters. The highest BCUT2D eigenvalue weighted by Gasteiger charge is 2.36. The molecule has 0 aromatic carbocycles. The van der Waals surface area contributed by atoms with E-state index in [1.54, 1.807) is 0 Å². The lowest BCUT2D eigenvalue weighted by molar-refractivity contribution is 0.181. The standard InChI is InChI=1S/C17H40O4Si2/c1-7-18-22(11-5,19-8-2)16-14-13-15-17-23(12-6,20-9-3)21-10-4/h7-17H2,1-6H3. The Labute approximate surface area is 146 Å². The average molecular weight is 365 g/mol. The van der Waals surface area contributed by atoms with E-state index in [1.165, 1.54) is 19.3 Å². The maximum absolute atomic E-state index is 6.04. The third kappa shape index (κ3) is 8.79. The first-order chi connectivity index (χ1) is 11.1. The Bertz CT molecular complexity index is 239. The van der Waals surface area contributed by atoms with Crippen LogP contribution in [0.2, 0.25) is 24.2 Å². The predicted octanol–water partition coefficient (Wildman–Crippen LogP) is 5.23. The first kappa shape index (κ1) is 23.3. The Hall–Kier alpha value is 0.274. The highest BCUT2D eigenvalue weighted by molar-refractivity contribution is 6.67. The van der Waals surface area contributed by atoms with Gasteiger partial charge in [0.1, 0.15) is 0 Å². The van der Waals surface area contributed by atoms with Gasteiger partial charge in [0.15, 0.2) is 0 Å². The maximum atomic E-state index is 6.04. The van der Waals surface area contributed by atoms with Gasteiger partial charge in [0.25, 0.3) is 0 Å². The number of rotatable bonds is 16. The highest BCUT2D eigenvalue weighted by Crippen LogP contribution is 2.26. The van der Waals surface area contributed by atoms with E-state index in [9.17, 15) is 0 Å². The van der Waals surface area contributed by atoms with Crippen LogP contribution in [0.15, 0.2) is 0 Å². The van der Waals surface area contributed by atoms with Gasteiger partial charge >= 0.3 is 17.1 Å². The van der Waals surface area contributed by atoms with Crippen LogP contribution < -0.4 is 0 Å². The van der Waals surface area contributed by atoms with Gasteiger partial charge < -0.3 is 17.7 Å². The van der Waals surface area contributed by atoms with Crippen molar-refractivity contribution in [2.24, 2.45) is 0 Å². The minimum atomic E-state index is -1.96. The summed E-state index contributed by atoms with van der Waals surface area (Å²) in [5.74, 6) is 0. The van der Waals surface area contributed by atoms with E-state index in [4.69, 9.17) is 17.7 Å². The molecule has 0 unspecified atom stereocenters. The lowest BCUT2D eigenvalue weighted by Gasteiger charge is -2.30. The molecule has 23 heavy (non-hydrogen) atoms. The molecule has 0 aromatic rings. The lowest BCUT2D eigenvalue weighted by atomic mass is 10.3. The van der Waals surface area contributed by atoms with Crippen molar-refractivity contribution < 1.29 is 17.7 Å². The highest BCUT2D eigenvalue weighted by atomic mass is 28.4. The Balaban J connectivity index is 4.30. The normalized spacial score (nSPS) is 12.8. The van der Waals surface area contributed by atoms with Gasteiger partial charge in [-0.2, -0.15) is 0 Å². The zero-order valence-corrected chi connectivity index (χ0v) is 18.4. The molecular weight excluding hydrogens is 324 g/mol. The van der Waals surface area contributed by atoms with Crippen LogP contribution in [0, 0.1) is 0 Å². The maximum Gasteiger partial charge on any atom is 0.337 e. The van der Waals surface area contributed by atoms with Crippen LogP contribution in [0.5, 0.6) is 0 Å². The van der Waals surface area contributed by atoms with Crippen LogP contribution in [0.1, 0.15) is 60.8 Å². The van der Waals surface area contributed by atoms with Crippen molar-refractivity contribution in [2.75, 3.05) is 26.4 Å². The Morgan fingerprint density at radius 1 is 0.478 bits per heavy atom. The van der Waals surface area contributed by atoms with Crippen LogP contribution in [-0.2, 0) is 17.7 Å². The fourth-order valence-electron chi connectivity index (χ4n) is 3.15. The molecule has 0 aliphatic heterocycles. The summed E-state index contributed by atoms with van der Waals surface area (Å²) in [7, 11) is -3.91. The third-order valence-corrected chi connectivity index (χ3v) is 12.0. The fourth-order valence-corrected chi connectivity index (χ4v) is 9.10. The predicted molar refractivity (Wildman–Crippen MR) is 102 cm³/mol. The summed E-state index contributed by atoms with van der Waals surface area (Å²) in [6, 6.07) is 4.30. The van der Waals surface area contributed by atoms with Gasteiger partial charge in [-0.1, -0.05) is 33.1 Å². The Kier molecular flexibility index (Phi) is 13.7. The minimum Gasteiger partial charge on any atom is -0.394 e. The Morgan fingerprint density at radius 2 is 0.783 bits per heavy atom. The topological polar surface area (TPSA) is 36.9 Å². The van der Waals surface area contributed by atoms with Crippen LogP contribution >= 0.6 is 0 Å². The molecule has 0 aromatic heterocycles. The van der Waals surface area contributed by atoms with Crippen molar-refractivity contribution in [1.82, 2.24) is 0 Å². The van der Waals surface area contributed by atoms with Crippen LogP contribution in [0.4, 0.5) is 0 Å². The molecule has 0 saturated carbocycles.